The highest BCUT2D eigenvalue weighted by Gasteiger charge is 2.10. The van der Waals surface area contributed by atoms with E-state index in [1.807, 2.05) is 37.4 Å². The van der Waals surface area contributed by atoms with Crippen molar-refractivity contribution in [3.8, 4) is 17.2 Å². The summed E-state index contributed by atoms with van der Waals surface area (Å²) in [5.74, 6) is 3.65. The Morgan fingerprint density at radius 3 is 2.32 bits per heavy atom. The van der Waals surface area contributed by atoms with Crippen LogP contribution in [0.2, 0.25) is 0 Å². The van der Waals surface area contributed by atoms with Crippen LogP contribution in [0, 0.1) is 0 Å². The first-order valence-electron chi connectivity index (χ1n) is 9.79. The first-order chi connectivity index (χ1) is 15.0. The molecule has 0 radical (unpaired) electrons. The predicted octanol–water partition coefficient (Wildman–Crippen LogP) is 5.63. The lowest BCUT2D eigenvalue weighted by molar-refractivity contribution is 0.102. The second-order valence-electron chi connectivity index (χ2n) is 7.00. The number of thioether (sulfide) groups is 1. The van der Waals surface area contributed by atoms with Gasteiger partial charge in [0.1, 0.15) is 17.2 Å². The third kappa shape index (κ3) is 6.90. The number of ether oxygens (including phenoxy) is 3. The molecule has 1 heterocycles. The maximum atomic E-state index is 12.5. The highest BCUT2D eigenvalue weighted by atomic mass is 32.2. The molecule has 3 aromatic rings. The van der Waals surface area contributed by atoms with Gasteiger partial charge in [-0.2, -0.15) is 11.8 Å². The van der Waals surface area contributed by atoms with Crippen LogP contribution < -0.4 is 19.5 Å². The number of anilines is 1. The molecular formula is C23H26N2O4S2. The molecule has 31 heavy (non-hydrogen) atoms. The van der Waals surface area contributed by atoms with E-state index in [-0.39, 0.29) is 12.0 Å². The topological polar surface area (TPSA) is 69.7 Å². The number of rotatable bonds is 10. The van der Waals surface area contributed by atoms with Gasteiger partial charge < -0.3 is 14.2 Å². The molecule has 1 amide bonds. The van der Waals surface area contributed by atoms with E-state index in [0.29, 0.717) is 10.7 Å². The molecule has 0 aliphatic rings. The Balaban J connectivity index is 1.51. The smallest absolute Gasteiger partial charge is 0.257 e. The van der Waals surface area contributed by atoms with Gasteiger partial charge in [0.25, 0.3) is 5.91 Å². The number of amides is 1. The van der Waals surface area contributed by atoms with Gasteiger partial charge in [-0.1, -0.05) is 0 Å². The number of hydrogen-bond acceptors (Lipinski definition) is 7. The van der Waals surface area contributed by atoms with E-state index < -0.39 is 0 Å². The van der Waals surface area contributed by atoms with Crippen LogP contribution in [0.25, 0.3) is 0 Å². The van der Waals surface area contributed by atoms with Crippen molar-refractivity contribution in [2.45, 2.75) is 31.5 Å². The molecule has 0 saturated carbocycles. The van der Waals surface area contributed by atoms with Gasteiger partial charge in [-0.25, -0.2) is 4.98 Å². The third-order valence-electron chi connectivity index (χ3n) is 4.19. The number of methoxy groups -OCH3 is 2. The number of thiazole rings is 1. The molecule has 3 rings (SSSR count). The number of nitrogens with zero attached hydrogens (tertiary/aromatic N) is 1. The van der Waals surface area contributed by atoms with Crippen molar-refractivity contribution in [2.75, 3.05) is 19.5 Å². The Morgan fingerprint density at radius 2 is 1.71 bits per heavy atom. The molecule has 2 aromatic carbocycles. The second kappa shape index (κ2) is 11.1. The minimum Gasteiger partial charge on any atom is -0.497 e. The number of hydrogen-bond donors (Lipinski definition) is 1. The fraction of sp³-hybridized carbons (Fsp3) is 0.304. The normalized spacial score (nSPS) is 10.7. The van der Waals surface area contributed by atoms with E-state index in [1.165, 1.54) is 11.3 Å². The molecule has 0 aliphatic heterocycles. The summed E-state index contributed by atoms with van der Waals surface area (Å²) in [5.41, 5.74) is 2.62. The number of benzene rings is 2. The van der Waals surface area contributed by atoms with Gasteiger partial charge in [0.05, 0.1) is 26.0 Å². The first-order valence-corrected chi connectivity index (χ1v) is 11.8. The van der Waals surface area contributed by atoms with Crippen molar-refractivity contribution < 1.29 is 19.0 Å². The largest absolute Gasteiger partial charge is 0.497 e. The Bertz CT molecular complexity index is 981. The van der Waals surface area contributed by atoms with Crippen molar-refractivity contribution >= 4 is 34.1 Å². The van der Waals surface area contributed by atoms with Crippen molar-refractivity contribution in [3.05, 3.63) is 64.7 Å². The van der Waals surface area contributed by atoms with Crippen LogP contribution in [0.5, 0.6) is 17.2 Å². The Morgan fingerprint density at radius 1 is 1.03 bits per heavy atom. The number of carbonyl (C=O) groups is 1. The second-order valence-corrected chi connectivity index (χ2v) is 8.85. The van der Waals surface area contributed by atoms with Crippen LogP contribution in [-0.4, -0.2) is 31.2 Å². The zero-order chi connectivity index (χ0) is 22.2. The molecule has 164 valence electrons. The lowest BCUT2D eigenvalue weighted by Gasteiger charge is -2.09. The van der Waals surface area contributed by atoms with E-state index in [4.69, 9.17) is 14.2 Å². The van der Waals surface area contributed by atoms with Crippen LogP contribution >= 0.6 is 23.1 Å². The van der Waals surface area contributed by atoms with Crippen molar-refractivity contribution in [1.82, 2.24) is 4.98 Å². The molecule has 0 atom stereocenters. The Kier molecular flexibility index (Phi) is 8.20. The molecule has 1 N–H and O–H groups in total. The molecule has 1 aromatic heterocycles. The highest BCUT2D eigenvalue weighted by Crippen LogP contribution is 2.27. The van der Waals surface area contributed by atoms with Gasteiger partial charge in [-0.05, 0) is 55.8 Å². The fourth-order valence-corrected chi connectivity index (χ4v) is 4.45. The average Bonchev–Trinajstić information content (AvgIpc) is 3.20. The number of nitrogens with one attached hydrogen (secondary N) is 1. The highest BCUT2D eigenvalue weighted by molar-refractivity contribution is 7.97. The van der Waals surface area contributed by atoms with Crippen molar-refractivity contribution in [3.63, 3.8) is 0 Å². The van der Waals surface area contributed by atoms with E-state index in [9.17, 15) is 4.79 Å². The lowest BCUT2D eigenvalue weighted by atomic mass is 10.2. The molecule has 0 saturated heterocycles. The van der Waals surface area contributed by atoms with Gasteiger partial charge in [0.15, 0.2) is 5.13 Å². The molecule has 0 spiro atoms. The van der Waals surface area contributed by atoms with Gasteiger partial charge >= 0.3 is 0 Å². The molecule has 8 heteroatoms. The first kappa shape index (κ1) is 23.0. The van der Waals surface area contributed by atoms with E-state index in [0.717, 1.165) is 40.0 Å². The van der Waals surface area contributed by atoms with Crippen LogP contribution in [0.15, 0.2) is 47.8 Å². The molecule has 6 nitrogen and oxygen atoms in total. The predicted molar refractivity (Wildman–Crippen MR) is 127 cm³/mol. The summed E-state index contributed by atoms with van der Waals surface area (Å²) in [6.07, 6.45) is 0.0947. The maximum Gasteiger partial charge on any atom is 0.257 e. The molecule has 0 aliphatic carbocycles. The van der Waals surface area contributed by atoms with Gasteiger partial charge in [-0.15, -0.1) is 11.3 Å². The summed E-state index contributed by atoms with van der Waals surface area (Å²) in [6.45, 7) is 3.93. The van der Waals surface area contributed by atoms with Gasteiger partial charge in [0, 0.05) is 28.5 Å². The Hall–Kier alpha value is -2.71. The van der Waals surface area contributed by atoms with Crippen molar-refractivity contribution in [1.29, 1.82) is 0 Å². The maximum absolute atomic E-state index is 12.5. The molecular weight excluding hydrogens is 432 g/mol. The van der Waals surface area contributed by atoms with E-state index in [1.54, 1.807) is 50.2 Å². The zero-order valence-corrected chi connectivity index (χ0v) is 19.6. The van der Waals surface area contributed by atoms with Crippen molar-refractivity contribution in [2.24, 2.45) is 0 Å². The van der Waals surface area contributed by atoms with Gasteiger partial charge in [0.2, 0.25) is 0 Å². The number of aromatic nitrogens is 1. The SMILES string of the molecule is COc1cc(CSCc2csc(NC(=O)c3ccc(OC(C)C)cc3)n2)cc(OC)c1. The summed E-state index contributed by atoms with van der Waals surface area (Å²) in [4.78, 5) is 17.0. The third-order valence-corrected chi connectivity index (χ3v) is 6.03. The number of carbonyl (C=O) groups excluding carboxylic acids is 1. The monoisotopic (exact) mass is 458 g/mol. The van der Waals surface area contributed by atoms with Crippen LogP contribution in [0.3, 0.4) is 0 Å². The summed E-state index contributed by atoms with van der Waals surface area (Å²) < 4.78 is 16.2. The summed E-state index contributed by atoms with van der Waals surface area (Å²) >= 11 is 3.16. The quantitative estimate of drug-likeness (QED) is 0.424. The summed E-state index contributed by atoms with van der Waals surface area (Å²) in [7, 11) is 3.29. The van der Waals surface area contributed by atoms with E-state index >= 15 is 0 Å². The van der Waals surface area contributed by atoms with Gasteiger partial charge in [-0.3, -0.25) is 10.1 Å². The minimum absolute atomic E-state index is 0.0947. The standard InChI is InChI=1S/C23H26N2O4S2/c1-15(2)29-19-7-5-17(6-8-19)22(26)25-23-24-18(14-31-23)13-30-12-16-9-20(27-3)11-21(10-16)28-4/h5-11,14-15H,12-13H2,1-4H3,(H,24,25,26). The Labute approximate surface area is 191 Å². The molecule has 0 unspecified atom stereocenters. The summed E-state index contributed by atoms with van der Waals surface area (Å²) in [5, 5.41) is 5.42. The zero-order valence-electron chi connectivity index (χ0n) is 18.0. The lowest BCUT2D eigenvalue weighted by Crippen LogP contribution is -2.12. The molecule has 0 bridgehead atoms. The average molecular weight is 459 g/mol. The summed E-state index contributed by atoms with van der Waals surface area (Å²) in [6, 6.07) is 13.0. The van der Waals surface area contributed by atoms with Crippen LogP contribution in [0.4, 0.5) is 5.13 Å². The minimum atomic E-state index is -0.187. The van der Waals surface area contributed by atoms with Crippen LogP contribution in [0.1, 0.15) is 35.5 Å². The molecule has 0 fully saturated rings. The fourth-order valence-electron chi connectivity index (χ4n) is 2.78. The van der Waals surface area contributed by atoms with E-state index in [2.05, 4.69) is 10.3 Å². The van der Waals surface area contributed by atoms with Crippen LogP contribution in [-0.2, 0) is 11.5 Å².